The Morgan fingerprint density at radius 3 is 2.78 bits per heavy atom. The lowest BCUT2D eigenvalue weighted by Crippen LogP contribution is -2.32. The molecular formula is C17H23N3O3. The van der Waals surface area contributed by atoms with Crippen LogP contribution < -0.4 is 14.8 Å². The summed E-state index contributed by atoms with van der Waals surface area (Å²) in [5.74, 6) is 1.14. The van der Waals surface area contributed by atoms with Crippen molar-refractivity contribution in [3.63, 3.8) is 0 Å². The first-order valence-corrected chi connectivity index (χ1v) is 7.75. The summed E-state index contributed by atoms with van der Waals surface area (Å²) >= 11 is 0. The highest BCUT2D eigenvalue weighted by atomic mass is 16.5. The molecule has 124 valence electrons. The smallest absolute Gasteiger partial charge is 0.271 e. The summed E-state index contributed by atoms with van der Waals surface area (Å²) in [5, 5.41) is 9.78. The number of hydrogen-bond donors (Lipinski definition) is 2. The highest BCUT2D eigenvalue weighted by Crippen LogP contribution is 2.26. The number of amides is 1. The van der Waals surface area contributed by atoms with Crippen molar-refractivity contribution in [1.82, 2.24) is 15.5 Å². The molecule has 1 aromatic carbocycles. The van der Waals surface area contributed by atoms with E-state index in [1.165, 1.54) is 0 Å². The SMILES string of the molecule is CCC[C@H](C)NC(=O)c1cc(COc2ccccc2OC)[nH]n1. The molecule has 0 unspecified atom stereocenters. The van der Waals surface area contributed by atoms with Crippen molar-refractivity contribution in [2.75, 3.05) is 7.11 Å². The molecule has 0 saturated heterocycles. The summed E-state index contributed by atoms with van der Waals surface area (Å²) in [6, 6.07) is 9.24. The molecule has 2 N–H and O–H groups in total. The topological polar surface area (TPSA) is 76.2 Å². The van der Waals surface area contributed by atoms with E-state index < -0.39 is 0 Å². The molecule has 1 heterocycles. The fraction of sp³-hybridized carbons (Fsp3) is 0.412. The number of aromatic amines is 1. The molecule has 6 heteroatoms. The third-order valence-electron chi connectivity index (χ3n) is 3.41. The van der Waals surface area contributed by atoms with Gasteiger partial charge in [0, 0.05) is 6.04 Å². The fourth-order valence-electron chi connectivity index (χ4n) is 2.25. The molecule has 0 aliphatic heterocycles. The van der Waals surface area contributed by atoms with E-state index in [-0.39, 0.29) is 18.6 Å². The minimum atomic E-state index is -0.175. The predicted molar refractivity (Wildman–Crippen MR) is 87.7 cm³/mol. The second-order valence-electron chi connectivity index (χ2n) is 5.38. The lowest BCUT2D eigenvalue weighted by Gasteiger charge is -2.10. The average Bonchev–Trinajstić information content (AvgIpc) is 3.02. The van der Waals surface area contributed by atoms with Gasteiger partial charge < -0.3 is 14.8 Å². The Morgan fingerprint density at radius 2 is 2.09 bits per heavy atom. The zero-order chi connectivity index (χ0) is 16.7. The van der Waals surface area contributed by atoms with Crippen molar-refractivity contribution in [1.29, 1.82) is 0 Å². The van der Waals surface area contributed by atoms with Crippen LogP contribution in [0.2, 0.25) is 0 Å². The van der Waals surface area contributed by atoms with Crippen LogP contribution in [0, 0.1) is 0 Å². The molecule has 0 aliphatic carbocycles. The highest BCUT2D eigenvalue weighted by Gasteiger charge is 2.13. The summed E-state index contributed by atoms with van der Waals surface area (Å²) in [4.78, 5) is 12.1. The van der Waals surface area contributed by atoms with Crippen molar-refractivity contribution < 1.29 is 14.3 Å². The summed E-state index contributed by atoms with van der Waals surface area (Å²) in [6.45, 7) is 4.36. The number of rotatable bonds is 8. The zero-order valence-corrected chi connectivity index (χ0v) is 13.8. The van der Waals surface area contributed by atoms with Crippen LogP contribution in [0.15, 0.2) is 30.3 Å². The van der Waals surface area contributed by atoms with Crippen LogP contribution in [-0.2, 0) is 6.61 Å². The molecule has 0 fully saturated rings. The van der Waals surface area contributed by atoms with E-state index in [0.717, 1.165) is 18.5 Å². The zero-order valence-electron chi connectivity index (χ0n) is 13.8. The number of methoxy groups -OCH3 is 1. The Balaban J connectivity index is 1.93. The van der Waals surface area contributed by atoms with Gasteiger partial charge in [0.2, 0.25) is 0 Å². The van der Waals surface area contributed by atoms with Crippen LogP contribution in [0.25, 0.3) is 0 Å². The van der Waals surface area contributed by atoms with E-state index >= 15 is 0 Å². The number of benzene rings is 1. The van der Waals surface area contributed by atoms with Gasteiger partial charge in [-0.1, -0.05) is 25.5 Å². The molecule has 1 amide bonds. The number of carbonyl (C=O) groups is 1. The maximum absolute atomic E-state index is 12.1. The summed E-state index contributed by atoms with van der Waals surface area (Å²) in [5.41, 5.74) is 1.09. The molecular weight excluding hydrogens is 294 g/mol. The van der Waals surface area contributed by atoms with Gasteiger partial charge in [0.25, 0.3) is 5.91 Å². The number of para-hydroxylation sites is 2. The van der Waals surface area contributed by atoms with Crippen LogP contribution in [0.3, 0.4) is 0 Å². The Morgan fingerprint density at radius 1 is 1.35 bits per heavy atom. The molecule has 0 aliphatic rings. The predicted octanol–water partition coefficient (Wildman–Crippen LogP) is 2.92. The lowest BCUT2D eigenvalue weighted by molar-refractivity contribution is 0.0933. The van der Waals surface area contributed by atoms with E-state index in [0.29, 0.717) is 17.2 Å². The van der Waals surface area contributed by atoms with Crippen LogP contribution in [0.4, 0.5) is 0 Å². The Labute approximate surface area is 136 Å². The molecule has 2 aromatic rings. The molecule has 1 aromatic heterocycles. The van der Waals surface area contributed by atoms with Crippen LogP contribution in [0.5, 0.6) is 11.5 Å². The van der Waals surface area contributed by atoms with Gasteiger partial charge in [-0.2, -0.15) is 5.10 Å². The van der Waals surface area contributed by atoms with E-state index in [2.05, 4.69) is 22.4 Å². The summed E-state index contributed by atoms with van der Waals surface area (Å²) in [7, 11) is 1.60. The minimum Gasteiger partial charge on any atom is -0.493 e. The molecule has 0 bridgehead atoms. The largest absolute Gasteiger partial charge is 0.493 e. The highest BCUT2D eigenvalue weighted by molar-refractivity contribution is 5.92. The molecule has 6 nitrogen and oxygen atoms in total. The van der Waals surface area contributed by atoms with Crippen molar-refractivity contribution in [3.05, 3.63) is 41.7 Å². The van der Waals surface area contributed by atoms with E-state index in [1.807, 2.05) is 31.2 Å². The second kappa shape index (κ2) is 8.22. The normalized spacial score (nSPS) is 11.8. The lowest BCUT2D eigenvalue weighted by atomic mass is 10.2. The summed E-state index contributed by atoms with van der Waals surface area (Å²) in [6.07, 6.45) is 1.97. The first-order chi connectivity index (χ1) is 11.1. The maximum atomic E-state index is 12.1. The van der Waals surface area contributed by atoms with Gasteiger partial charge in [0.05, 0.1) is 12.8 Å². The third kappa shape index (κ3) is 4.74. The Kier molecular flexibility index (Phi) is 6.02. The van der Waals surface area contributed by atoms with E-state index in [4.69, 9.17) is 9.47 Å². The molecule has 0 saturated carbocycles. The molecule has 2 rings (SSSR count). The summed E-state index contributed by atoms with van der Waals surface area (Å²) < 4.78 is 10.9. The Bertz CT molecular complexity index is 640. The monoisotopic (exact) mass is 317 g/mol. The van der Waals surface area contributed by atoms with Crippen LogP contribution in [-0.4, -0.2) is 29.3 Å². The van der Waals surface area contributed by atoms with E-state index in [1.54, 1.807) is 13.2 Å². The number of carbonyl (C=O) groups excluding carboxylic acids is 1. The molecule has 1 atom stereocenters. The van der Waals surface area contributed by atoms with Gasteiger partial charge in [-0.25, -0.2) is 0 Å². The number of hydrogen-bond acceptors (Lipinski definition) is 4. The average molecular weight is 317 g/mol. The number of aromatic nitrogens is 2. The molecule has 0 radical (unpaired) electrons. The fourth-order valence-corrected chi connectivity index (χ4v) is 2.25. The second-order valence-corrected chi connectivity index (χ2v) is 5.38. The quantitative estimate of drug-likeness (QED) is 0.785. The standard InChI is InChI=1S/C17H23N3O3/c1-4-7-12(2)18-17(21)14-10-13(19-20-14)11-23-16-9-6-5-8-15(16)22-3/h5-6,8-10,12H,4,7,11H2,1-3H3,(H,18,21)(H,19,20)/t12-/m0/s1. The third-order valence-corrected chi connectivity index (χ3v) is 3.41. The van der Waals surface area contributed by atoms with Gasteiger partial charge in [-0.05, 0) is 31.5 Å². The van der Waals surface area contributed by atoms with Crippen molar-refractivity contribution in [2.45, 2.75) is 39.3 Å². The first kappa shape index (κ1) is 16.9. The maximum Gasteiger partial charge on any atom is 0.271 e. The number of nitrogens with zero attached hydrogens (tertiary/aromatic N) is 1. The van der Waals surface area contributed by atoms with Gasteiger partial charge in [0.15, 0.2) is 11.5 Å². The van der Waals surface area contributed by atoms with Gasteiger partial charge in [-0.15, -0.1) is 0 Å². The number of H-pyrrole nitrogens is 1. The van der Waals surface area contributed by atoms with E-state index in [9.17, 15) is 4.79 Å². The van der Waals surface area contributed by atoms with Crippen LogP contribution in [0.1, 0.15) is 42.9 Å². The van der Waals surface area contributed by atoms with Gasteiger partial charge in [-0.3, -0.25) is 9.89 Å². The first-order valence-electron chi connectivity index (χ1n) is 7.75. The van der Waals surface area contributed by atoms with Crippen LogP contribution >= 0.6 is 0 Å². The van der Waals surface area contributed by atoms with Crippen molar-refractivity contribution in [2.24, 2.45) is 0 Å². The van der Waals surface area contributed by atoms with Crippen molar-refractivity contribution >= 4 is 5.91 Å². The number of ether oxygens (including phenoxy) is 2. The van der Waals surface area contributed by atoms with Crippen molar-refractivity contribution in [3.8, 4) is 11.5 Å². The molecule has 23 heavy (non-hydrogen) atoms. The number of nitrogens with one attached hydrogen (secondary N) is 2. The Hall–Kier alpha value is -2.50. The van der Waals surface area contributed by atoms with Gasteiger partial charge >= 0.3 is 0 Å². The van der Waals surface area contributed by atoms with Gasteiger partial charge in [0.1, 0.15) is 12.3 Å². The molecule has 0 spiro atoms. The minimum absolute atomic E-state index is 0.137.